The number of likely N-dealkylation sites (tertiary alicyclic amines) is 1. The molecule has 1 aliphatic rings. The van der Waals surface area contributed by atoms with Gasteiger partial charge in [0.05, 0.1) is 13.2 Å². The number of aromatic amines is 1. The lowest BCUT2D eigenvalue weighted by Gasteiger charge is -2.30. The van der Waals surface area contributed by atoms with Crippen LogP contribution in [0.5, 0.6) is 5.75 Å². The predicted molar refractivity (Wildman–Crippen MR) is 97.0 cm³/mol. The number of nitrogens with zero attached hydrogens (tertiary/aromatic N) is 1. The fourth-order valence-electron chi connectivity index (χ4n) is 3.42. The standard InChI is InChI=1S/C20H24N2O3/c1-14-7-12-17(19(23)21-14)20(24)22-13-5-3-4-6-18(22)15-8-10-16(25-2)11-9-15/h7-12,18H,3-6,13H2,1-2H3,(H,21,23). The van der Waals surface area contributed by atoms with Gasteiger partial charge in [-0.3, -0.25) is 9.59 Å². The number of pyridine rings is 1. The summed E-state index contributed by atoms with van der Waals surface area (Å²) in [6, 6.07) is 11.2. The summed E-state index contributed by atoms with van der Waals surface area (Å²) < 4.78 is 5.23. The van der Waals surface area contributed by atoms with Crippen molar-refractivity contribution in [3.8, 4) is 5.75 Å². The SMILES string of the molecule is COc1ccc(C2CCCCCN2C(=O)c2ccc(C)[nH]c2=O)cc1. The highest BCUT2D eigenvalue weighted by atomic mass is 16.5. The topological polar surface area (TPSA) is 62.4 Å². The van der Waals surface area contributed by atoms with E-state index in [1.807, 2.05) is 36.1 Å². The highest BCUT2D eigenvalue weighted by Crippen LogP contribution is 2.32. The first kappa shape index (κ1) is 17.3. The fourth-order valence-corrected chi connectivity index (χ4v) is 3.42. The Hall–Kier alpha value is -2.56. The van der Waals surface area contributed by atoms with Crippen molar-refractivity contribution in [3.05, 3.63) is 63.6 Å². The molecule has 0 spiro atoms. The molecule has 2 heterocycles. The van der Waals surface area contributed by atoms with Crippen LogP contribution in [0.3, 0.4) is 0 Å². The summed E-state index contributed by atoms with van der Waals surface area (Å²) in [7, 11) is 1.64. The molecule has 0 bridgehead atoms. The average molecular weight is 340 g/mol. The first-order chi connectivity index (χ1) is 12.1. The van der Waals surface area contributed by atoms with Crippen molar-refractivity contribution >= 4 is 5.91 Å². The van der Waals surface area contributed by atoms with Crippen LogP contribution in [-0.4, -0.2) is 29.4 Å². The van der Waals surface area contributed by atoms with E-state index < -0.39 is 0 Å². The number of aryl methyl sites for hydroxylation is 1. The van der Waals surface area contributed by atoms with Crippen LogP contribution in [0.25, 0.3) is 0 Å². The molecule has 25 heavy (non-hydrogen) atoms. The molecule has 1 saturated heterocycles. The first-order valence-electron chi connectivity index (χ1n) is 8.75. The van der Waals surface area contributed by atoms with Gasteiger partial charge in [-0.1, -0.05) is 25.0 Å². The van der Waals surface area contributed by atoms with Gasteiger partial charge in [-0.2, -0.15) is 0 Å². The molecular formula is C20H24N2O3. The summed E-state index contributed by atoms with van der Waals surface area (Å²) in [5.41, 5.74) is 1.73. The fraction of sp³-hybridized carbons (Fsp3) is 0.400. The summed E-state index contributed by atoms with van der Waals surface area (Å²) in [6.07, 6.45) is 4.04. The van der Waals surface area contributed by atoms with E-state index in [0.29, 0.717) is 6.54 Å². The van der Waals surface area contributed by atoms with Gasteiger partial charge in [0, 0.05) is 12.2 Å². The van der Waals surface area contributed by atoms with E-state index in [0.717, 1.165) is 42.7 Å². The summed E-state index contributed by atoms with van der Waals surface area (Å²) in [5, 5.41) is 0. The molecule has 1 fully saturated rings. The predicted octanol–water partition coefficient (Wildman–Crippen LogP) is 3.45. The number of H-pyrrole nitrogens is 1. The van der Waals surface area contributed by atoms with Gasteiger partial charge in [0.2, 0.25) is 0 Å². The number of aromatic nitrogens is 1. The van der Waals surface area contributed by atoms with Crippen LogP contribution in [0, 0.1) is 6.92 Å². The van der Waals surface area contributed by atoms with Crippen molar-refractivity contribution in [2.75, 3.05) is 13.7 Å². The number of amides is 1. The molecule has 1 aliphatic heterocycles. The maximum atomic E-state index is 13.1. The van der Waals surface area contributed by atoms with Gasteiger partial charge < -0.3 is 14.6 Å². The molecule has 1 atom stereocenters. The van der Waals surface area contributed by atoms with Gasteiger partial charge in [0.1, 0.15) is 11.3 Å². The zero-order valence-corrected chi connectivity index (χ0v) is 14.7. The van der Waals surface area contributed by atoms with Crippen molar-refractivity contribution in [2.45, 2.75) is 38.6 Å². The first-order valence-corrected chi connectivity index (χ1v) is 8.75. The minimum Gasteiger partial charge on any atom is -0.497 e. The van der Waals surface area contributed by atoms with E-state index in [1.165, 1.54) is 0 Å². The van der Waals surface area contributed by atoms with Crippen molar-refractivity contribution in [1.29, 1.82) is 0 Å². The molecule has 1 unspecified atom stereocenters. The van der Waals surface area contributed by atoms with E-state index in [2.05, 4.69) is 4.98 Å². The Kier molecular flexibility index (Phi) is 5.22. The number of ether oxygens (including phenoxy) is 1. The van der Waals surface area contributed by atoms with Gasteiger partial charge >= 0.3 is 0 Å². The third kappa shape index (κ3) is 3.76. The maximum Gasteiger partial charge on any atom is 0.260 e. The molecule has 2 aromatic rings. The summed E-state index contributed by atoms with van der Waals surface area (Å²) >= 11 is 0. The molecule has 3 rings (SSSR count). The quantitative estimate of drug-likeness (QED) is 0.931. The van der Waals surface area contributed by atoms with E-state index in [1.54, 1.807) is 19.2 Å². The van der Waals surface area contributed by atoms with Gasteiger partial charge in [-0.15, -0.1) is 0 Å². The zero-order chi connectivity index (χ0) is 17.8. The number of hydrogen-bond acceptors (Lipinski definition) is 3. The highest BCUT2D eigenvalue weighted by molar-refractivity contribution is 5.94. The average Bonchev–Trinajstić information content (AvgIpc) is 2.87. The lowest BCUT2D eigenvalue weighted by Crippen LogP contribution is -2.37. The zero-order valence-electron chi connectivity index (χ0n) is 14.7. The number of nitrogens with one attached hydrogen (secondary N) is 1. The van der Waals surface area contributed by atoms with Crippen molar-refractivity contribution in [3.63, 3.8) is 0 Å². The summed E-state index contributed by atoms with van der Waals surface area (Å²) in [6.45, 7) is 2.48. The molecule has 0 saturated carbocycles. The summed E-state index contributed by atoms with van der Waals surface area (Å²) in [5.74, 6) is 0.606. The molecule has 1 N–H and O–H groups in total. The van der Waals surface area contributed by atoms with Crippen LogP contribution in [0.15, 0.2) is 41.2 Å². The van der Waals surface area contributed by atoms with Crippen LogP contribution < -0.4 is 10.3 Å². The number of methoxy groups -OCH3 is 1. The minimum atomic E-state index is -0.317. The Morgan fingerprint density at radius 2 is 1.88 bits per heavy atom. The van der Waals surface area contributed by atoms with Gasteiger partial charge in [0.25, 0.3) is 11.5 Å². The Bertz CT molecular complexity index is 795. The number of benzene rings is 1. The molecule has 1 aromatic carbocycles. The molecule has 0 aliphatic carbocycles. The number of carbonyl (C=O) groups is 1. The Balaban J connectivity index is 1.94. The lowest BCUT2D eigenvalue weighted by molar-refractivity contribution is 0.0679. The van der Waals surface area contributed by atoms with E-state index in [4.69, 9.17) is 4.74 Å². The van der Waals surface area contributed by atoms with Crippen LogP contribution in [0.4, 0.5) is 0 Å². The van der Waals surface area contributed by atoms with Crippen LogP contribution in [-0.2, 0) is 0 Å². The second kappa shape index (κ2) is 7.55. The van der Waals surface area contributed by atoms with E-state index in [-0.39, 0.29) is 23.1 Å². The lowest BCUT2D eigenvalue weighted by atomic mass is 10.00. The normalized spacial score (nSPS) is 17.8. The van der Waals surface area contributed by atoms with Crippen molar-refractivity contribution in [1.82, 2.24) is 9.88 Å². The molecule has 1 aromatic heterocycles. The van der Waals surface area contributed by atoms with Crippen LogP contribution in [0.2, 0.25) is 0 Å². The molecule has 5 nitrogen and oxygen atoms in total. The largest absolute Gasteiger partial charge is 0.497 e. The number of rotatable bonds is 3. The third-order valence-corrected chi connectivity index (χ3v) is 4.80. The molecule has 5 heteroatoms. The highest BCUT2D eigenvalue weighted by Gasteiger charge is 2.28. The minimum absolute atomic E-state index is 0.0124. The van der Waals surface area contributed by atoms with Gasteiger partial charge in [-0.25, -0.2) is 0 Å². The van der Waals surface area contributed by atoms with Crippen LogP contribution >= 0.6 is 0 Å². The number of carbonyl (C=O) groups excluding carboxylic acids is 1. The molecule has 0 radical (unpaired) electrons. The van der Waals surface area contributed by atoms with E-state index >= 15 is 0 Å². The van der Waals surface area contributed by atoms with Crippen molar-refractivity contribution in [2.24, 2.45) is 0 Å². The Labute approximate surface area is 147 Å². The second-order valence-electron chi connectivity index (χ2n) is 6.52. The molecule has 132 valence electrons. The molecule has 1 amide bonds. The monoisotopic (exact) mass is 340 g/mol. The number of hydrogen-bond donors (Lipinski definition) is 1. The Morgan fingerprint density at radius 3 is 2.56 bits per heavy atom. The van der Waals surface area contributed by atoms with Gasteiger partial charge in [-0.05, 0) is 49.6 Å². The van der Waals surface area contributed by atoms with Crippen molar-refractivity contribution < 1.29 is 9.53 Å². The Morgan fingerprint density at radius 1 is 1.12 bits per heavy atom. The van der Waals surface area contributed by atoms with Crippen LogP contribution in [0.1, 0.15) is 53.3 Å². The molecular weight excluding hydrogens is 316 g/mol. The summed E-state index contributed by atoms with van der Waals surface area (Å²) in [4.78, 5) is 29.9. The maximum absolute atomic E-state index is 13.1. The van der Waals surface area contributed by atoms with Gasteiger partial charge in [0.15, 0.2) is 0 Å². The smallest absolute Gasteiger partial charge is 0.260 e. The van der Waals surface area contributed by atoms with E-state index in [9.17, 15) is 9.59 Å². The second-order valence-corrected chi connectivity index (χ2v) is 6.52. The third-order valence-electron chi connectivity index (χ3n) is 4.80.